The van der Waals surface area contributed by atoms with Crippen LogP contribution in [0.3, 0.4) is 0 Å². The molecule has 1 unspecified atom stereocenters. The summed E-state index contributed by atoms with van der Waals surface area (Å²) in [5.74, 6) is 0. The van der Waals surface area contributed by atoms with Gasteiger partial charge >= 0.3 is 12.4 Å². The van der Waals surface area contributed by atoms with Crippen LogP contribution in [0.15, 0.2) is 48.1 Å². The number of aliphatic hydroxyl groups is 2. The highest BCUT2D eigenvalue weighted by atomic mass is 127. The molecule has 11 heteroatoms. The molecule has 0 aromatic heterocycles. The van der Waals surface area contributed by atoms with Crippen LogP contribution >= 0.6 is 22.6 Å². The van der Waals surface area contributed by atoms with Gasteiger partial charge in [0.05, 0.1) is 34.8 Å². The van der Waals surface area contributed by atoms with Crippen molar-refractivity contribution in [2.24, 2.45) is 5.73 Å². The number of allylic oxidation sites excluding steroid dienone is 3. The van der Waals surface area contributed by atoms with Crippen LogP contribution in [-0.2, 0) is 17.3 Å². The van der Waals surface area contributed by atoms with Crippen molar-refractivity contribution in [1.82, 2.24) is 0 Å². The summed E-state index contributed by atoms with van der Waals surface area (Å²) in [6.07, 6.45) is -5.67. The number of hydrogen-bond acceptors (Lipinski definition) is 4. The molecule has 0 bridgehead atoms. The van der Waals surface area contributed by atoms with E-state index < -0.39 is 36.7 Å². The van der Waals surface area contributed by atoms with Crippen molar-refractivity contribution in [2.45, 2.75) is 47.5 Å². The normalized spacial score (nSPS) is 14.8. The number of benzene rings is 1. The van der Waals surface area contributed by atoms with E-state index in [0.717, 1.165) is 12.1 Å². The van der Waals surface area contributed by atoms with E-state index in [4.69, 9.17) is 10.5 Å². The van der Waals surface area contributed by atoms with E-state index in [1.165, 1.54) is 18.2 Å². The third-order valence-corrected chi connectivity index (χ3v) is 5.48. The van der Waals surface area contributed by atoms with Crippen LogP contribution in [0.4, 0.5) is 26.3 Å². The minimum Gasteiger partial charge on any atom is -0.394 e. The maximum atomic E-state index is 13.0. The molecule has 0 saturated heterocycles. The standard InChI is InChI=1S/C22H28F6INO3/c23-21(24,25)10-8-16(7-9-20(30,14-31)15-32)12-18(29)13-33-11-3-5-17-4-1-2-6-19(17)22(26,27)28/h1-2,4,6,8,10,12,18,31-32H,3,5,7,9,11,13-15,30H2/b10-8+,16-12-. The summed E-state index contributed by atoms with van der Waals surface area (Å²) in [5, 5.41) is 18.5. The largest absolute Gasteiger partial charge is 0.416 e. The molecule has 33 heavy (non-hydrogen) atoms. The summed E-state index contributed by atoms with van der Waals surface area (Å²) in [5.41, 5.74) is 4.29. The first-order chi connectivity index (χ1) is 15.3. The molecule has 0 saturated carbocycles. The van der Waals surface area contributed by atoms with E-state index in [2.05, 4.69) is 0 Å². The van der Waals surface area contributed by atoms with E-state index in [1.54, 1.807) is 6.08 Å². The lowest BCUT2D eigenvalue weighted by Crippen LogP contribution is -2.47. The molecule has 0 aliphatic carbocycles. The topological polar surface area (TPSA) is 75.7 Å². The van der Waals surface area contributed by atoms with E-state index in [0.29, 0.717) is 12.0 Å². The van der Waals surface area contributed by atoms with E-state index in [9.17, 15) is 36.6 Å². The Kier molecular flexibility index (Phi) is 12.4. The summed E-state index contributed by atoms with van der Waals surface area (Å²) < 4.78 is 82.0. The lowest BCUT2D eigenvalue weighted by molar-refractivity contribution is -0.138. The van der Waals surface area contributed by atoms with Crippen molar-refractivity contribution in [3.05, 3.63) is 59.2 Å². The Labute approximate surface area is 202 Å². The van der Waals surface area contributed by atoms with Gasteiger partial charge in [-0.15, -0.1) is 0 Å². The molecule has 1 aromatic rings. The number of alkyl halides is 7. The zero-order valence-electron chi connectivity index (χ0n) is 17.8. The number of hydrogen-bond donors (Lipinski definition) is 3. The van der Waals surface area contributed by atoms with Crippen LogP contribution in [0.5, 0.6) is 0 Å². The third-order valence-electron chi connectivity index (χ3n) is 4.76. The maximum Gasteiger partial charge on any atom is 0.416 e. The molecule has 4 N–H and O–H groups in total. The molecular weight excluding hydrogens is 567 g/mol. The van der Waals surface area contributed by atoms with Crippen LogP contribution in [0.1, 0.15) is 30.4 Å². The van der Waals surface area contributed by atoms with E-state index >= 15 is 0 Å². The maximum absolute atomic E-state index is 13.0. The molecule has 0 aliphatic rings. The predicted molar refractivity (Wildman–Crippen MR) is 122 cm³/mol. The molecule has 0 amide bonds. The molecule has 1 aromatic carbocycles. The second-order valence-corrected chi connectivity index (χ2v) is 9.24. The fourth-order valence-corrected chi connectivity index (χ4v) is 3.60. The molecular formula is C22H28F6INO3. The molecule has 0 heterocycles. The first-order valence-electron chi connectivity index (χ1n) is 10.1. The van der Waals surface area contributed by atoms with Gasteiger partial charge in [-0.25, -0.2) is 0 Å². The summed E-state index contributed by atoms with van der Waals surface area (Å²) in [6, 6.07) is 5.32. The third kappa shape index (κ3) is 12.2. The number of nitrogens with two attached hydrogens (primary N) is 1. The zero-order valence-corrected chi connectivity index (χ0v) is 20.0. The van der Waals surface area contributed by atoms with Gasteiger partial charge in [-0.1, -0.05) is 58.5 Å². The first-order valence-corrected chi connectivity index (χ1v) is 11.4. The molecule has 188 valence electrons. The van der Waals surface area contributed by atoms with Crippen molar-refractivity contribution in [3.63, 3.8) is 0 Å². The summed E-state index contributed by atoms with van der Waals surface area (Å²) in [7, 11) is 0. The number of rotatable bonds is 13. The number of aryl methyl sites for hydroxylation is 1. The second kappa shape index (κ2) is 13.7. The minimum atomic E-state index is -4.50. The van der Waals surface area contributed by atoms with Crippen LogP contribution in [0, 0.1) is 0 Å². The Hall–Kier alpha value is -1.15. The van der Waals surface area contributed by atoms with Crippen LogP contribution in [0.25, 0.3) is 0 Å². The highest BCUT2D eigenvalue weighted by molar-refractivity contribution is 14.1. The SMILES string of the molecule is NC(CO)(CO)CCC(=C/C(I)COCCCc1ccccc1C(F)(F)F)/C=C/C(F)(F)F. The summed E-state index contributed by atoms with van der Waals surface area (Å²) in [6.45, 7) is -0.700. The van der Waals surface area contributed by atoms with Crippen molar-refractivity contribution >= 4 is 22.6 Å². The van der Waals surface area contributed by atoms with Gasteiger partial charge in [-0.05, 0) is 37.3 Å². The number of ether oxygens (including phenoxy) is 1. The molecule has 0 aliphatic heterocycles. The van der Waals surface area contributed by atoms with Gasteiger partial charge in [0.25, 0.3) is 0 Å². The Balaban J connectivity index is 2.64. The van der Waals surface area contributed by atoms with Crippen LogP contribution in [0.2, 0.25) is 0 Å². The van der Waals surface area contributed by atoms with Crippen molar-refractivity contribution in [1.29, 1.82) is 0 Å². The Morgan fingerprint density at radius 3 is 2.30 bits per heavy atom. The van der Waals surface area contributed by atoms with E-state index in [1.807, 2.05) is 22.6 Å². The Morgan fingerprint density at radius 1 is 1.09 bits per heavy atom. The Morgan fingerprint density at radius 2 is 1.73 bits per heavy atom. The highest BCUT2D eigenvalue weighted by Gasteiger charge is 2.32. The monoisotopic (exact) mass is 595 g/mol. The first kappa shape index (κ1) is 29.9. The quantitative estimate of drug-likeness (QED) is 0.0991. The van der Waals surface area contributed by atoms with Gasteiger partial charge < -0.3 is 20.7 Å². The summed E-state index contributed by atoms with van der Waals surface area (Å²) in [4.78, 5) is 0. The molecule has 0 spiro atoms. The number of halogens is 7. The smallest absolute Gasteiger partial charge is 0.394 e. The number of aliphatic hydroxyl groups excluding tert-OH is 2. The molecule has 1 atom stereocenters. The van der Waals surface area contributed by atoms with Gasteiger partial charge in [-0.2, -0.15) is 26.3 Å². The average Bonchev–Trinajstić information content (AvgIpc) is 2.74. The van der Waals surface area contributed by atoms with Gasteiger partial charge in [0.15, 0.2) is 0 Å². The van der Waals surface area contributed by atoms with E-state index in [-0.39, 0.29) is 48.0 Å². The van der Waals surface area contributed by atoms with Gasteiger partial charge in [-0.3, -0.25) is 0 Å². The fraction of sp³-hybridized carbons (Fsp3) is 0.545. The van der Waals surface area contributed by atoms with Crippen LogP contribution in [-0.4, -0.2) is 52.3 Å². The Bertz CT molecular complexity index is 776. The minimum absolute atomic E-state index is 0.0663. The zero-order chi connectivity index (χ0) is 25.1. The molecule has 0 fully saturated rings. The predicted octanol–water partition coefficient (Wildman–Crippen LogP) is 4.97. The lowest BCUT2D eigenvalue weighted by Gasteiger charge is -2.24. The van der Waals surface area contributed by atoms with Crippen LogP contribution < -0.4 is 5.73 Å². The van der Waals surface area contributed by atoms with Gasteiger partial charge in [0.2, 0.25) is 0 Å². The summed E-state index contributed by atoms with van der Waals surface area (Å²) >= 11 is 1.98. The van der Waals surface area contributed by atoms with Crippen molar-refractivity contribution in [3.8, 4) is 0 Å². The lowest BCUT2D eigenvalue weighted by atomic mass is 9.93. The molecule has 4 nitrogen and oxygen atoms in total. The fourth-order valence-electron chi connectivity index (χ4n) is 2.88. The second-order valence-electron chi connectivity index (χ2n) is 7.64. The molecule has 0 radical (unpaired) electrons. The average molecular weight is 595 g/mol. The highest BCUT2D eigenvalue weighted by Crippen LogP contribution is 2.32. The van der Waals surface area contributed by atoms with Crippen molar-refractivity contribution in [2.75, 3.05) is 26.4 Å². The van der Waals surface area contributed by atoms with Crippen molar-refractivity contribution < 1.29 is 41.3 Å². The van der Waals surface area contributed by atoms with Gasteiger partial charge in [0.1, 0.15) is 0 Å². The molecule has 1 rings (SSSR count). The van der Waals surface area contributed by atoms with Gasteiger partial charge in [0, 0.05) is 12.7 Å².